The van der Waals surface area contributed by atoms with Crippen molar-refractivity contribution in [2.75, 3.05) is 45.8 Å². The van der Waals surface area contributed by atoms with E-state index >= 15 is 0 Å². The van der Waals surface area contributed by atoms with Crippen molar-refractivity contribution in [2.24, 2.45) is 0 Å². The molecule has 4 rings (SSSR count). The molecule has 7 nitrogen and oxygen atoms in total. The predicted octanol–water partition coefficient (Wildman–Crippen LogP) is 3.67. The van der Waals surface area contributed by atoms with Crippen molar-refractivity contribution in [3.05, 3.63) is 71.5 Å². The summed E-state index contributed by atoms with van der Waals surface area (Å²) in [5.74, 6) is 1.49. The molecule has 2 heterocycles. The minimum absolute atomic E-state index is 0.0973. The fourth-order valence-electron chi connectivity index (χ4n) is 3.87. The van der Waals surface area contributed by atoms with E-state index in [4.69, 9.17) is 14.5 Å². The van der Waals surface area contributed by atoms with Gasteiger partial charge in [0.2, 0.25) is 11.9 Å². The van der Waals surface area contributed by atoms with Gasteiger partial charge in [-0.15, -0.1) is 0 Å². The van der Waals surface area contributed by atoms with Crippen molar-refractivity contribution in [3.8, 4) is 16.9 Å². The number of aryl methyl sites for hydroxylation is 1. The van der Waals surface area contributed by atoms with Gasteiger partial charge in [-0.05, 0) is 30.2 Å². The lowest BCUT2D eigenvalue weighted by molar-refractivity contribution is -0.138. The number of hydrogen-bond donors (Lipinski definition) is 0. The van der Waals surface area contributed by atoms with E-state index in [0.29, 0.717) is 32.1 Å². The summed E-state index contributed by atoms with van der Waals surface area (Å²) < 4.78 is 11.4. The molecule has 1 atom stereocenters. The van der Waals surface area contributed by atoms with Crippen LogP contribution in [0.3, 0.4) is 0 Å². The Balaban J connectivity index is 1.60. The minimum atomic E-state index is -0.334. The molecule has 1 aliphatic heterocycles. The van der Waals surface area contributed by atoms with Crippen LogP contribution in [-0.4, -0.2) is 61.7 Å². The van der Waals surface area contributed by atoms with Crippen LogP contribution in [0.25, 0.3) is 11.1 Å². The fraction of sp³-hybridized carbons (Fsp3) is 0.346. The van der Waals surface area contributed by atoms with Crippen LogP contribution in [0.5, 0.6) is 5.75 Å². The number of amides is 1. The van der Waals surface area contributed by atoms with Gasteiger partial charge in [0.05, 0.1) is 32.4 Å². The van der Waals surface area contributed by atoms with Gasteiger partial charge >= 0.3 is 0 Å². The first-order chi connectivity index (χ1) is 15.9. The largest absolute Gasteiger partial charge is 0.497 e. The lowest BCUT2D eigenvalue weighted by atomic mass is 10.0. The molecule has 1 fully saturated rings. The molecular formula is C26H30N4O3. The Morgan fingerprint density at radius 3 is 2.55 bits per heavy atom. The summed E-state index contributed by atoms with van der Waals surface area (Å²) >= 11 is 0. The van der Waals surface area contributed by atoms with Crippen LogP contribution in [0.15, 0.2) is 54.7 Å². The summed E-state index contributed by atoms with van der Waals surface area (Å²) in [6.45, 7) is 3.54. The number of benzene rings is 2. The van der Waals surface area contributed by atoms with Gasteiger partial charge in [-0.2, -0.15) is 0 Å². The Morgan fingerprint density at radius 1 is 1.15 bits per heavy atom. The Bertz CT molecular complexity index is 1100. The number of methoxy groups -OCH3 is 1. The van der Waals surface area contributed by atoms with E-state index in [1.165, 1.54) is 5.56 Å². The molecule has 0 bridgehead atoms. The molecule has 1 aromatic heterocycles. The van der Waals surface area contributed by atoms with E-state index in [-0.39, 0.29) is 12.0 Å². The highest BCUT2D eigenvalue weighted by Crippen LogP contribution is 2.32. The molecule has 33 heavy (non-hydrogen) atoms. The van der Waals surface area contributed by atoms with E-state index in [1.807, 2.05) is 85.5 Å². The van der Waals surface area contributed by atoms with Crippen LogP contribution in [0, 0.1) is 6.92 Å². The smallest absolute Gasteiger partial charge is 0.227 e. The monoisotopic (exact) mass is 446 g/mol. The second kappa shape index (κ2) is 10.0. The number of carbonyl (C=O) groups excluding carboxylic acids is 1. The molecule has 1 amide bonds. The number of nitrogens with zero attached hydrogens (tertiary/aromatic N) is 4. The summed E-state index contributed by atoms with van der Waals surface area (Å²) in [4.78, 5) is 26.1. The third-order valence-corrected chi connectivity index (χ3v) is 5.81. The Hall–Kier alpha value is -3.45. The second-order valence-electron chi connectivity index (χ2n) is 8.45. The molecule has 1 unspecified atom stereocenters. The maximum absolute atomic E-state index is 13.0. The molecule has 0 saturated carbocycles. The van der Waals surface area contributed by atoms with Crippen LogP contribution in [0.1, 0.15) is 22.9 Å². The van der Waals surface area contributed by atoms with E-state index in [0.717, 1.165) is 28.1 Å². The third kappa shape index (κ3) is 5.31. The quantitative estimate of drug-likeness (QED) is 0.576. The number of anilines is 1. The summed E-state index contributed by atoms with van der Waals surface area (Å²) in [7, 11) is 5.46. The number of morpholine rings is 1. The van der Waals surface area contributed by atoms with E-state index in [9.17, 15) is 4.79 Å². The average molecular weight is 447 g/mol. The molecule has 172 valence electrons. The van der Waals surface area contributed by atoms with Crippen molar-refractivity contribution in [1.29, 1.82) is 0 Å². The highest BCUT2D eigenvalue weighted by Gasteiger charge is 2.29. The average Bonchev–Trinajstić information content (AvgIpc) is 2.85. The zero-order valence-corrected chi connectivity index (χ0v) is 19.6. The SMILES string of the molecule is COc1ccc(-c2cnc(N(C)C)nc2C2CN(C(=O)Cc3ccc(C)cc3)CCO2)cc1. The summed E-state index contributed by atoms with van der Waals surface area (Å²) in [5.41, 5.74) is 4.85. The highest BCUT2D eigenvalue weighted by molar-refractivity contribution is 5.79. The first-order valence-electron chi connectivity index (χ1n) is 11.1. The lowest BCUT2D eigenvalue weighted by Gasteiger charge is -2.33. The number of ether oxygens (including phenoxy) is 2. The molecule has 0 spiro atoms. The Kier molecular flexibility index (Phi) is 6.89. The van der Waals surface area contributed by atoms with Crippen LogP contribution < -0.4 is 9.64 Å². The maximum Gasteiger partial charge on any atom is 0.227 e. The summed E-state index contributed by atoms with van der Waals surface area (Å²) in [6.07, 6.45) is 1.88. The van der Waals surface area contributed by atoms with Crippen molar-refractivity contribution >= 4 is 11.9 Å². The van der Waals surface area contributed by atoms with E-state index in [1.54, 1.807) is 7.11 Å². The Labute approximate surface area is 195 Å². The molecule has 3 aromatic rings. The number of aromatic nitrogens is 2. The van der Waals surface area contributed by atoms with Crippen LogP contribution >= 0.6 is 0 Å². The minimum Gasteiger partial charge on any atom is -0.497 e. The highest BCUT2D eigenvalue weighted by atomic mass is 16.5. The van der Waals surface area contributed by atoms with Crippen molar-refractivity contribution in [1.82, 2.24) is 14.9 Å². The van der Waals surface area contributed by atoms with Crippen LogP contribution in [0.4, 0.5) is 5.95 Å². The molecule has 0 radical (unpaired) electrons. The Morgan fingerprint density at radius 2 is 1.88 bits per heavy atom. The fourth-order valence-corrected chi connectivity index (χ4v) is 3.87. The van der Waals surface area contributed by atoms with Crippen LogP contribution in [-0.2, 0) is 16.0 Å². The van der Waals surface area contributed by atoms with Gasteiger partial charge in [0.25, 0.3) is 0 Å². The van der Waals surface area contributed by atoms with Gasteiger partial charge in [-0.3, -0.25) is 4.79 Å². The molecule has 0 N–H and O–H groups in total. The van der Waals surface area contributed by atoms with Gasteiger partial charge in [-0.25, -0.2) is 9.97 Å². The molecule has 1 saturated heterocycles. The van der Waals surface area contributed by atoms with Gasteiger partial charge in [-0.1, -0.05) is 42.0 Å². The third-order valence-electron chi connectivity index (χ3n) is 5.81. The molecule has 0 aliphatic carbocycles. The second-order valence-corrected chi connectivity index (χ2v) is 8.45. The summed E-state index contributed by atoms with van der Waals surface area (Å²) in [5, 5.41) is 0. The normalized spacial score (nSPS) is 15.9. The van der Waals surface area contributed by atoms with Crippen molar-refractivity contribution in [2.45, 2.75) is 19.4 Å². The zero-order valence-electron chi connectivity index (χ0n) is 19.6. The number of hydrogen-bond acceptors (Lipinski definition) is 6. The van der Waals surface area contributed by atoms with E-state index in [2.05, 4.69) is 4.98 Å². The van der Waals surface area contributed by atoms with Gasteiger partial charge in [0.1, 0.15) is 11.9 Å². The molecular weight excluding hydrogens is 416 g/mol. The predicted molar refractivity (Wildman–Crippen MR) is 129 cm³/mol. The van der Waals surface area contributed by atoms with Crippen molar-refractivity contribution < 1.29 is 14.3 Å². The number of carbonyl (C=O) groups is 1. The zero-order chi connectivity index (χ0) is 23.4. The van der Waals surface area contributed by atoms with Gasteiger partial charge < -0.3 is 19.3 Å². The molecule has 1 aliphatic rings. The first kappa shape index (κ1) is 22.7. The van der Waals surface area contributed by atoms with Crippen LogP contribution in [0.2, 0.25) is 0 Å². The lowest BCUT2D eigenvalue weighted by Crippen LogP contribution is -2.43. The van der Waals surface area contributed by atoms with Crippen molar-refractivity contribution in [3.63, 3.8) is 0 Å². The first-order valence-corrected chi connectivity index (χ1v) is 11.1. The summed E-state index contributed by atoms with van der Waals surface area (Å²) in [6, 6.07) is 15.9. The molecule has 7 heteroatoms. The van der Waals surface area contributed by atoms with E-state index < -0.39 is 0 Å². The standard InChI is InChI=1S/C26H30N4O3/c1-18-5-7-19(8-6-18)15-24(31)30-13-14-33-23(17-30)25-22(16-27-26(28-25)29(2)3)20-9-11-21(32-4)12-10-20/h5-12,16,23H,13-15,17H2,1-4H3. The maximum atomic E-state index is 13.0. The van der Waals surface area contributed by atoms with Gasteiger partial charge in [0, 0.05) is 32.4 Å². The van der Waals surface area contributed by atoms with Gasteiger partial charge in [0.15, 0.2) is 0 Å². The topological polar surface area (TPSA) is 67.8 Å². The number of rotatable bonds is 6. The molecule has 2 aromatic carbocycles.